The van der Waals surface area contributed by atoms with Crippen LogP contribution < -0.4 is 0 Å². The van der Waals surface area contributed by atoms with E-state index >= 15 is 0 Å². The van der Waals surface area contributed by atoms with Crippen LogP contribution in [0.25, 0.3) is 0 Å². The van der Waals surface area contributed by atoms with Crippen molar-refractivity contribution in [2.45, 2.75) is 64.0 Å². The number of hydrogen-bond donors (Lipinski definition) is 0. The van der Waals surface area contributed by atoms with Crippen LogP contribution in [-0.4, -0.2) is 15.5 Å². The Kier molecular flexibility index (Phi) is 6.81. The molecular formula is C26H29F3N2. The molecule has 1 aliphatic rings. The fourth-order valence-corrected chi connectivity index (χ4v) is 4.58. The molecule has 0 radical (unpaired) electrons. The predicted molar refractivity (Wildman–Crippen MR) is 118 cm³/mol. The third kappa shape index (κ3) is 5.79. The molecule has 0 amide bonds. The van der Waals surface area contributed by atoms with Crippen LogP contribution in [0, 0.1) is 0 Å². The molecule has 0 saturated heterocycles. The lowest BCUT2D eigenvalue weighted by Crippen LogP contribution is -2.36. The number of alkyl halides is 3. The Bertz CT molecular complexity index is 956. The first-order chi connectivity index (χ1) is 15.0. The highest BCUT2D eigenvalue weighted by Crippen LogP contribution is 2.30. The molecule has 1 aromatic heterocycles. The quantitative estimate of drug-likeness (QED) is 0.399. The molecule has 0 bridgehead atoms. The number of halogens is 3. The molecule has 0 aliphatic heterocycles. The van der Waals surface area contributed by atoms with Gasteiger partial charge >= 0.3 is 6.18 Å². The summed E-state index contributed by atoms with van der Waals surface area (Å²) in [6.07, 6.45) is 3.91. The minimum atomic E-state index is -4.32. The van der Waals surface area contributed by atoms with Crippen molar-refractivity contribution in [1.29, 1.82) is 0 Å². The van der Waals surface area contributed by atoms with Gasteiger partial charge in [0.15, 0.2) is 0 Å². The van der Waals surface area contributed by atoms with E-state index < -0.39 is 11.7 Å². The molecule has 0 unspecified atom stereocenters. The van der Waals surface area contributed by atoms with Crippen LogP contribution in [-0.2, 0) is 25.8 Å². The second-order valence-corrected chi connectivity index (χ2v) is 8.51. The summed E-state index contributed by atoms with van der Waals surface area (Å²) in [7, 11) is 0. The van der Waals surface area contributed by atoms with E-state index in [9.17, 15) is 13.2 Å². The summed E-state index contributed by atoms with van der Waals surface area (Å²) in [6, 6.07) is 20.8. The number of nitrogens with zero attached hydrogens (tertiary/aromatic N) is 2. The Morgan fingerprint density at radius 3 is 2.29 bits per heavy atom. The van der Waals surface area contributed by atoms with Crippen LogP contribution in [0.15, 0.2) is 72.9 Å². The van der Waals surface area contributed by atoms with E-state index in [0.29, 0.717) is 18.2 Å². The molecule has 4 rings (SSSR count). The van der Waals surface area contributed by atoms with Gasteiger partial charge < -0.3 is 4.57 Å². The van der Waals surface area contributed by atoms with E-state index in [1.807, 2.05) is 18.3 Å². The first-order valence-corrected chi connectivity index (χ1v) is 11.1. The molecule has 3 aromatic rings. The van der Waals surface area contributed by atoms with Gasteiger partial charge in [-0.05, 0) is 48.2 Å². The minimum absolute atomic E-state index is 0.441. The highest BCUT2D eigenvalue weighted by molar-refractivity contribution is 5.26. The Balaban J connectivity index is 1.53. The zero-order chi connectivity index (χ0) is 21.7. The molecule has 0 N–H and O–H groups in total. The van der Waals surface area contributed by atoms with Crippen LogP contribution in [0.4, 0.5) is 13.2 Å². The van der Waals surface area contributed by atoms with Crippen LogP contribution in [0.2, 0.25) is 0 Å². The van der Waals surface area contributed by atoms with E-state index in [4.69, 9.17) is 0 Å². The molecule has 2 nitrogen and oxygen atoms in total. The normalized spacial score (nSPS) is 15.5. The lowest BCUT2D eigenvalue weighted by atomic mass is 9.93. The molecular weight excluding hydrogens is 397 g/mol. The van der Waals surface area contributed by atoms with Gasteiger partial charge in [-0.25, -0.2) is 0 Å². The highest BCUT2D eigenvalue weighted by Gasteiger charge is 2.30. The van der Waals surface area contributed by atoms with E-state index in [1.165, 1.54) is 49.8 Å². The molecule has 31 heavy (non-hydrogen) atoms. The second kappa shape index (κ2) is 9.73. The summed E-state index contributed by atoms with van der Waals surface area (Å²) in [6.45, 7) is 2.13. The molecule has 1 fully saturated rings. The summed E-state index contributed by atoms with van der Waals surface area (Å²) in [4.78, 5) is 2.55. The first-order valence-electron chi connectivity index (χ1n) is 11.1. The Morgan fingerprint density at radius 1 is 0.806 bits per heavy atom. The fourth-order valence-electron chi connectivity index (χ4n) is 4.58. The Morgan fingerprint density at radius 2 is 1.55 bits per heavy atom. The topological polar surface area (TPSA) is 8.17 Å². The van der Waals surface area contributed by atoms with E-state index in [0.717, 1.165) is 24.8 Å². The van der Waals surface area contributed by atoms with Gasteiger partial charge in [0.2, 0.25) is 0 Å². The maximum Gasteiger partial charge on any atom is 0.416 e. The average Bonchev–Trinajstić information content (AvgIpc) is 3.21. The molecule has 1 heterocycles. The minimum Gasteiger partial charge on any atom is -0.346 e. The molecule has 0 atom stereocenters. The van der Waals surface area contributed by atoms with E-state index in [-0.39, 0.29) is 0 Å². The van der Waals surface area contributed by atoms with Crippen LogP contribution in [0.1, 0.15) is 54.5 Å². The van der Waals surface area contributed by atoms with Crippen molar-refractivity contribution in [3.63, 3.8) is 0 Å². The van der Waals surface area contributed by atoms with Crippen molar-refractivity contribution < 1.29 is 13.2 Å². The molecule has 164 valence electrons. The summed E-state index contributed by atoms with van der Waals surface area (Å²) in [5.74, 6) is 0. The number of hydrogen-bond acceptors (Lipinski definition) is 1. The number of benzene rings is 2. The van der Waals surface area contributed by atoms with Gasteiger partial charge in [-0.15, -0.1) is 0 Å². The predicted octanol–water partition coefficient (Wildman–Crippen LogP) is 6.89. The summed E-state index contributed by atoms with van der Waals surface area (Å²) < 4.78 is 41.4. The lowest BCUT2D eigenvalue weighted by molar-refractivity contribution is -0.137. The maximum absolute atomic E-state index is 13.1. The van der Waals surface area contributed by atoms with E-state index in [1.54, 1.807) is 6.07 Å². The fraction of sp³-hybridized carbons (Fsp3) is 0.385. The van der Waals surface area contributed by atoms with Crippen LogP contribution in [0.5, 0.6) is 0 Å². The maximum atomic E-state index is 13.1. The molecule has 5 heteroatoms. The lowest BCUT2D eigenvalue weighted by Gasteiger charge is -2.34. The monoisotopic (exact) mass is 426 g/mol. The zero-order valence-electron chi connectivity index (χ0n) is 17.7. The number of aromatic nitrogens is 1. The van der Waals surface area contributed by atoms with Gasteiger partial charge in [-0.2, -0.15) is 13.2 Å². The second-order valence-electron chi connectivity index (χ2n) is 8.51. The van der Waals surface area contributed by atoms with Crippen molar-refractivity contribution in [2.75, 3.05) is 0 Å². The number of rotatable bonds is 7. The summed E-state index contributed by atoms with van der Waals surface area (Å²) in [5.41, 5.74) is 2.51. The molecule has 2 aromatic carbocycles. The van der Waals surface area contributed by atoms with Crippen molar-refractivity contribution >= 4 is 0 Å². The van der Waals surface area contributed by atoms with Gasteiger partial charge in [0.1, 0.15) is 0 Å². The Labute approximate surface area is 182 Å². The highest BCUT2D eigenvalue weighted by atomic mass is 19.4. The van der Waals surface area contributed by atoms with E-state index in [2.05, 4.69) is 39.8 Å². The summed E-state index contributed by atoms with van der Waals surface area (Å²) >= 11 is 0. The van der Waals surface area contributed by atoms with Crippen molar-refractivity contribution in [3.05, 3.63) is 95.3 Å². The average molecular weight is 427 g/mol. The molecule has 1 aliphatic carbocycles. The van der Waals surface area contributed by atoms with Crippen molar-refractivity contribution in [3.8, 4) is 0 Å². The standard InChI is InChI=1S/C26H29F3N2/c27-26(28,29)23-12-7-11-22(17-23)19-30-16-8-15-25(30)20-31(24-13-5-2-6-14-24)18-21-9-3-1-4-10-21/h1,3-4,7-12,15-17,24H,2,5-6,13-14,18-20H2. The SMILES string of the molecule is FC(F)(F)c1cccc(Cn2cccc2CN(Cc2ccccc2)C2CCCCC2)c1. The van der Waals surface area contributed by atoms with Gasteiger partial charge in [0, 0.05) is 37.6 Å². The zero-order valence-corrected chi connectivity index (χ0v) is 17.7. The molecule has 1 saturated carbocycles. The van der Waals surface area contributed by atoms with Gasteiger partial charge in [-0.1, -0.05) is 61.7 Å². The van der Waals surface area contributed by atoms with Gasteiger partial charge in [0.25, 0.3) is 0 Å². The third-order valence-corrected chi connectivity index (χ3v) is 6.22. The Hall–Kier alpha value is -2.53. The van der Waals surface area contributed by atoms with Gasteiger partial charge in [-0.3, -0.25) is 4.90 Å². The van der Waals surface area contributed by atoms with Crippen molar-refractivity contribution in [2.24, 2.45) is 0 Å². The smallest absolute Gasteiger partial charge is 0.346 e. The molecule has 0 spiro atoms. The van der Waals surface area contributed by atoms with Gasteiger partial charge in [0.05, 0.1) is 5.56 Å². The third-order valence-electron chi connectivity index (χ3n) is 6.22. The van der Waals surface area contributed by atoms with Crippen LogP contribution >= 0.6 is 0 Å². The first kappa shape index (κ1) is 21.7. The largest absolute Gasteiger partial charge is 0.416 e. The van der Waals surface area contributed by atoms with Crippen LogP contribution in [0.3, 0.4) is 0 Å². The summed E-state index contributed by atoms with van der Waals surface area (Å²) in [5, 5.41) is 0. The van der Waals surface area contributed by atoms with Crippen molar-refractivity contribution in [1.82, 2.24) is 9.47 Å².